The largest absolute Gasteiger partial charge is 0.394 e. The van der Waals surface area contributed by atoms with E-state index in [1.165, 1.54) is 22.8 Å². The maximum absolute atomic E-state index is 14.3. The van der Waals surface area contributed by atoms with E-state index in [1.807, 2.05) is 0 Å². The molecule has 0 bridgehead atoms. The molecule has 1 saturated carbocycles. The first-order valence-electron chi connectivity index (χ1n) is 9.92. The lowest BCUT2D eigenvalue weighted by atomic mass is 10.0. The van der Waals surface area contributed by atoms with Gasteiger partial charge in [0, 0.05) is 12.6 Å². The summed E-state index contributed by atoms with van der Waals surface area (Å²) in [7, 11) is 0. The number of carbonyl (C=O) groups excluding carboxylic acids is 1. The number of hydrogen-bond donors (Lipinski definition) is 2. The maximum Gasteiger partial charge on any atom is 0.257 e. The fourth-order valence-corrected chi connectivity index (χ4v) is 4.03. The smallest absolute Gasteiger partial charge is 0.257 e. The van der Waals surface area contributed by atoms with Gasteiger partial charge in [-0.3, -0.25) is 4.79 Å². The Hall–Kier alpha value is -3.07. The van der Waals surface area contributed by atoms with Gasteiger partial charge in [0.25, 0.3) is 5.91 Å². The number of aromatic nitrogens is 3. The van der Waals surface area contributed by atoms with Gasteiger partial charge in [0.15, 0.2) is 5.65 Å². The van der Waals surface area contributed by atoms with Crippen LogP contribution in [0.1, 0.15) is 41.2 Å². The van der Waals surface area contributed by atoms with E-state index in [2.05, 4.69) is 15.4 Å². The van der Waals surface area contributed by atoms with Gasteiger partial charge in [0.1, 0.15) is 23.4 Å². The average Bonchev–Trinajstić information content (AvgIpc) is 3.19. The van der Waals surface area contributed by atoms with Gasteiger partial charge in [-0.2, -0.15) is 5.10 Å². The lowest BCUT2D eigenvalue weighted by Crippen LogP contribution is -2.39. The zero-order valence-electron chi connectivity index (χ0n) is 16.1. The Morgan fingerprint density at radius 2 is 2.17 bits per heavy atom. The summed E-state index contributed by atoms with van der Waals surface area (Å²) in [6, 6.07) is 7.52. The predicted molar refractivity (Wildman–Crippen MR) is 106 cm³/mol. The number of benzene rings is 1. The van der Waals surface area contributed by atoms with Crippen LogP contribution in [-0.4, -0.2) is 50.5 Å². The summed E-state index contributed by atoms with van der Waals surface area (Å²) < 4.78 is 29.5. The Balaban J connectivity index is 1.49. The van der Waals surface area contributed by atoms with Crippen LogP contribution in [0, 0.1) is 5.82 Å². The van der Waals surface area contributed by atoms with Crippen LogP contribution in [0.5, 0.6) is 0 Å². The van der Waals surface area contributed by atoms with Crippen LogP contribution in [0.15, 0.2) is 42.7 Å². The summed E-state index contributed by atoms with van der Waals surface area (Å²) in [6.07, 6.45) is 3.73. The lowest BCUT2D eigenvalue weighted by Gasteiger charge is -2.25. The van der Waals surface area contributed by atoms with Gasteiger partial charge in [0.05, 0.1) is 30.9 Å². The highest BCUT2D eigenvalue weighted by atomic mass is 19.1. The normalized spacial score (nSPS) is 22.4. The zero-order chi connectivity index (χ0) is 20.9. The van der Waals surface area contributed by atoms with Crippen LogP contribution < -0.4 is 10.2 Å². The number of rotatable bonds is 5. The Morgan fingerprint density at radius 1 is 1.33 bits per heavy atom. The molecule has 1 aliphatic carbocycles. The first-order chi connectivity index (χ1) is 14.5. The molecule has 2 atom stereocenters. The van der Waals surface area contributed by atoms with Crippen LogP contribution in [0.4, 0.5) is 14.6 Å². The number of fused-ring (bicyclic) bond motifs is 1. The van der Waals surface area contributed by atoms with Crippen LogP contribution >= 0.6 is 0 Å². The Kier molecular flexibility index (Phi) is 4.43. The van der Waals surface area contributed by atoms with Crippen molar-refractivity contribution in [3.8, 4) is 0 Å². The number of amides is 1. The number of halogens is 2. The van der Waals surface area contributed by atoms with E-state index >= 15 is 0 Å². The third-order valence-corrected chi connectivity index (χ3v) is 5.91. The molecule has 2 fully saturated rings. The van der Waals surface area contributed by atoms with Crippen LogP contribution in [0.25, 0.3) is 5.65 Å². The van der Waals surface area contributed by atoms with E-state index in [4.69, 9.17) is 0 Å². The second kappa shape index (κ2) is 7.02. The molecule has 3 heterocycles. The molecule has 156 valence electrons. The van der Waals surface area contributed by atoms with Gasteiger partial charge < -0.3 is 15.3 Å². The van der Waals surface area contributed by atoms with Gasteiger partial charge in [0.2, 0.25) is 0 Å². The number of hydrogen-bond acceptors (Lipinski definition) is 5. The maximum atomic E-state index is 14.3. The lowest BCUT2D eigenvalue weighted by molar-refractivity contribution is 0.0908. The Labute approximate surface area is 171 Å². The number of alkyl halides is 1. The fraction of sp³-hybridized carbons (Fsp3) is 0.381. The Bertz CT molecular complexity index is 1110. The van der Waals surface area contributed by atoms with Crippen molar-refractivity contribution >= 4 is 17.4 Å². The molecule has 5 rings (SSSR count). The summed E-state index contributed by atoms with van der Waals surface area (Å²) in [5.74, 6) is -0.228. The first-order valence-corrected chi connectivity index (χ1v) is 9.92. The number of anilines is 1. The van der Waals surface area contributed by atoms with Gasteiger partial charge >= 0.3 is 0 Å². The number of aliphatic hydroxyl groups is 1. The molecule has 0 unspecified atom stereocenters. The molecule has 30 heavy (non-hydrogen) atoms. The quantitative estimate of drug-likeness (QED) is 0.671. The van der Waals surface area contributed by atoms with Crippen molar-refractivity contribution in [2.45, 2.75) is 37.0 Å². The third kappa shape index (κ3) is 3.28. The van der Waals surface area contributed by atoms with Crippen molar-refractivity contribution in [2.24, 2.45) is 0 Å². The zero-order valence-corrected chi connectivity index (χ0v) is 16.1. The second-order valence-electron chi connectivity index (χ2n) is 8.06. The summed E-state index contributed by atoms with van der Waals surface area (Å²) >= 11 is 0. The fourth-order valence-electron chi connectivity index (χ4n) is 4.03. The summed E-state index contributed by atoms with van der Waals surface area (Å²) in [5.41, 5.74) is 0.762. The molecule has 3 aromatic rings. The minimum absolute atomic E-state index is 0.113. The van der Waals surface area contributed by atoms with Crippen molar-refractivity contribution < 1.29 is 18.7 Å². The molecule has 0 spiro atoms. The monoisotopic (exact) mass is 413 g/mol. The summed E-state index contributed by atoms with van der Waals surface area (Å²) in [6.45, 7) is 0.0191. The topological polar surface area (TPSA) is 82.8 Å². The van der Waals surface area contributed by atoms with E-state index in [0.29, 0.717) is 17.0 Å². The van der Waals surface area contributed by atoms with Crippen molar-refractivity contribution in [1.82, 2.24) is 19.9 Å². The molecule has 7 nitrogen and oxygen atoms in total. The molecule has 1 saturated heterocycles. The highest BCUT2D eigenvalue weighted by Crippen LogP contribution is 2.37. The molecule has 2 aromatic heterocycles. The molecule has 9 heteroatoms. The van der Waals surface area contributed by atoms with Crippen molar-refractivity contribution in [3.63, 3.8) is 0 Å². The molecule has 2 N–H and O–H groups in total. The van der Waals surface area contributed by atoms with Crippen LogP contribution in [0.2, 0.25) is 0 Å². The minimum Gasteiger partial charge on any atom is -0.394 e. The highest BCUT2D eigenvalue weighted by Gasteiger charge is 2.44. The van der Waals surface area contributed by atoms with Gasteiger partial charge in [-0.25, -0.2) is 18.3 Å². The summed E-state index contributed by atoms with van der Waals surface area (Å²) in [4.78, 5) is 19.1. The molecule has 2 aliphatic rings. The first kappa shape index (κ1) is 18.9. The van der Waals surface area contributed by atoms with Crippen molar-refractivity contribution in [3.05, 3.63) is 59.7 Å². The summed E-state index contributed by atoms with van der Waals surface area (Å²) in [5, 5.41) is 16.5. The highest BCUT2D eigenvalue weighted by molar-refractivity contribution is 6.00. The van der Waals surface area contributed by atoms with E-state index in [-0.39, 0.29) is 42.9 Å². The molecule has 1 aromatic carbocycles. The average molecular weight is 413 g/mol. The Morgan fingerprint density at radius 3 is 2.90 bits per heavy atom. The standard InChI is InChI=1S/C21H21F2N5O2/c22-14-3-1-2-13(8-14)17-9-15(23)11-27(17)18-4-7-28-19(25-18)16(10-24-28)20(30)26-21(12-29)5-6-21/h1-4,7-8,10,15,17,29H,5-6,9,11-12H2,(H,26,30)/t15-,17+/m0/s1. The van der Waals surface area contributed by atoms with Crippen molar-refractivity contribution in [2.75, 3.05) is 18.1 Å². The van der Waals surface area contributed by atoms with Crippen LogP contribution in [-0.2, 0) is 0 Å². The molecule has 0 radical (unpaired) electrons. The van der Waals surface area contributed by atoms with E-state index in [9.17, 15) is 18.7 Å². The van der Waals surface area contributed by atoms with Gasteiger partial charge in [-0.1, -0.05) is 12.1 Å². The van der Waals surface area contributed by atoms with E-state index < -0.39 is 11.7 Å². The van der Waals surface area contributed by atoms with Crippen LogP contribution in [0.3, 0.4) is 0 Å². The number of aliphatic hydroxyl groups excluding tert-OH is 1. The SMILES string of the molecule is O=C(NC1(CO)CC1)c1cnn2ccc(N3C[C@@H](F)C[C@@H]3c3cccc(F)c3)nc12. The molecular formula is C21H21F2N5O2. The minimum atomic E-state index is -1.07. The second-order valence-corrected chi connectivity index (χ2v) is 8.06. The number of nitrogens with zero attached hydrogens (tertiary/aromatic N) is 4. The molecule has 1 amide bonds. The third-order valence-electron chi connectivity index (χ3n) is 5.91. The molecular weight excluding hydrogens is 392 g/mol. The van der Waals surface area contributed by atoms with Gasteiger partial charge in [-0.05, 0) is 36.6 Å². The van der Waals surface area contributed by atoms with E-state index in [0.717, 1.165) is 12.8 Å². The number of carbonyl (C=O) groups is 1. The number of nitrogens with one attached hydrogen (secondary N) is 1. The molecule has 1 aliphatic heterocycles. The van der Waals surface area contributed by atoms with E-state index in [1.54, 1.807) is 29.3 Å². The van der Waals surface area contributed by atoms with Gasteiger partial charge in [-0.15, -0.1) is 0 Å². The van der Waals surface area contributed by atoms with Crippen molar-refractivity contribution in [1.29, 1.82) is 0 Å². The predicted octanol–water partition coefficient (Wildman–Crippen LogP) is 2.41.